The van der Waals surface area contributed by atoms with Crippen molar-refractivity contribution >= 4 is 28.5 Å². The molecule has 0 fully saturated rings. The second-order valence-electron chi connectivity index (χ2n) is 7.99. The summed E-state index contributed by atoms with van der Waals surface area (Å²) in [6.07, 6.45) is 1.22. The van der Waals surface area contributed by atoms with Crippen molar-refractivity contribution in [2.45, 2.75) is 31.6 Å². The Morgan fingerprint density at radius 3 is 2.55 bits per heavy atom. The Kier molecular flexibility index (Phi) is 5.57. The Bertz CT molecular complexity index is 1070. The molecule has 0 saturated heterocycles. The number of amides is 1. The highest BCUT2D eigenvalue weighted by Crippen LogP contribution is 2.52. The Labute approximate surface area is 183 Å². The van der Waals surface area contributed by atoms with E-state index in [1.54, 1.807) is 18.9 Å². The van der Waals surface area contributed by atoms with Gasteiger partial charge in [-0.3, -0.25) is 4.79 Å². The number of nitrogens with zero attached hydrogens (tertiary/aromatic N) is 3. The number of amidine groups is 1. The van der Waals surface area contributed by atoms with Gasteiger partial charge in [0.25, 0.3) is 5.91 Å². The first-order valence-corrected chi connectivity index (χ1v) is 10.8. The fourth-order valence-electron chi connectivity index (χ4n) is 3.70. The van der Waals surface area contributed by atoms with E-state index in [2.05, 4.69) is 10.5 Å². The van der Waals surface area contributed by atoms with Gasteiger partial charge < -0.3 is 5.73 Å². The van der Waals surface area contributed by atoms with E-state index in [-0.39, 0.29) is 11.5 Å². The van der Waals surface area contributed by atoms with E-state index in [1.807, 2.05) is 30.3 Å². The van der Waals surface area contributed by atoms with Crippen molar-refractivity contribution in [2.75, 3.05) is 6.54 Å². The summed E-state index contributed by atoms with van der Waals surface area (Å²) in [6, 6.07) is 12.9. The van der Waals surface area contributed by atoms with Gasteiger partial charge in [0.2, 0.25) is 0 Å². The number of carbonyl (C=O) groups excluding carboxylic acids is 1. The molecular weight excluding hydrogens is 420 g/mol. The molecule has 2 aromatic carbocycles. The minimum atomic E-state index is -0.956. The van der Waals surface area contributed by atoms with Crippen LogP contribution in [0, 0.1) is 17.0 Å². The van der Waals surface area contributed by atoms with Crippen LogP contribution in [0.25, 0.3) is 0 Å². The highest BCUT2D eigenvalue weighted by Gasteiger charge is 2.53. The third kappa shape index (κ3) is 3.61. The summed E-state index contributed by atoms with van der Waals surface area (Å²) in [5, 5.41) is 11.0. The number of carbonyl (C=O) groups is 1. The normalized spacial score (nSPS) is 22.4. The number of halogens is 2. The number of rotatable bonds is 5. The number of nitrogens with two attached hydrogens (primary N) is 1. The highest BCUT2D eigenvalue weighted by molar-refractivity contribution is 8.15. The van der Waals surface area contributed by atoms with Crippen molar-refractivity contribution in [2.24, 2.45) is 21.4 Å². The van der Waals surface area contributed by atoms with Crippen LogP contribution >= 0.6 is 11.8 Å². The molecule has 2 heterocycles. The van der Waals surface area contributed by atoms with E-state index in [4.69, 9.17) is 10.8 Å². The first-order chi connectivity index (χ1) is 14.8. The molecule has 0 bridgehead atoms. The maximum Gasteiger partial charge on any atom is 0.253 e. The molecule has 2 aliphatic rings. The largest absolute Gasteiger partial charge is 0.330 e. The predicted molar refractivity (Wildman–Crippen MR) is 118 cm³/mol. The molecule has 4 rings (SSSR count). The molecule has 0 aromatic heterocycles. The van der Waals surface area contributed by atoms with E-state index in [0.29, 0.717) is 30.3 Å². The van der Waals surface area contributed by atoms with Crippen LogP contribution in [-0.2, 0) is 9.67 Å². The Morgan fingerprint density at radius 2 is 1.90 bits per heavy atom. The molecule has 2 aliphatic heterocycles. The van der Waals surface area contributed by atoms with Crippen LogP contribution in [0.5, 0.6) is 0 Å². The van der Waals surface area contributed by atoms with E-state index < -0.39 is 21.9 Å². The first kappa shape index (κ1) is 21.5. The van der Waals surface area contributed by atoms with Gasteiger partial charge in [0, 0.05) is 5.56 Å². The quantitative estimate of drug-likeness (QED) is 0.738. The van der Waals surface area contributed by atoms with Gasteiger partial charge in [-0.1, -0.05) is 42.1 Å². The smallest absolute Gasteiger partial charge is 0.253 e. The Balaban J connectivity index is 1.90. The van der Waals surface area contributed by atoms with Crippen LogP contribution in [0.4, 0.5) is 8.78 Å². The fraction of sp³-hybridized carbons (Fsp3) is 0.318. The number of benzene rings is 2. The van der Waals surface area contributed by atoms with Gasteiger partial charge in [-0.2, -0.15) is 10.2 Å². The zero-order valence-electron chi connectivity index (χ0n) is 17.2. The monoisotopic (exact) mass is 443 g/mol. The van der Waals surface area contributed by atoms with Crippen LogP contribution < -0.4 is 11.2 Å². The second-order valence-corrected chi connectivity index (χ2v) is 9.25. The number of nitrogens with one attached hydrogen (secondary N) is 1. The number of thioether (sulfide) groups is 1. The standard InChI is InChI=1S/C22H23F2N5OS/c1-21(2)19(26-27-20(21)30)29-22(11-6-12-25,14-7-4-3-5-8-14)31-18(28-29)16-13-15(23)9-10-17(16)24/h3-5,7-10,13H,6,11-12,25H2,1-2H3,(H,27,30). The summed E-state index contributed by atoms with van der Waals surface area (Å²) in [5.74, 6) is -0.968. The van der Waals surface area contributed by atoms with Gasteiger partial charge in [-0.15, -0.1) is 0 Å². The van der Waals surface area contributed by atoms with Crippen LogP contribution in [0.3, 0.4) is 0 Å². The van der Waals surface area contributed by atoms with Gasteiger partial charge in [-0.25, -0.2) is 19.2 Å². The molecule has 3 N–H and O–H groups in total. The average Bonchev–Trinajstić information content (AvgIpc) is 3.26. The van der Waals surface area contributed by atoms with Gasteiger partial charge in [0.15, 0.2) is 5.84 Å². The number of hydrogen-bond donors (Lipinski definition) is 2. The van der Waals surface area contributed by atoms with E-state index >= 15 is 0 Å². The van der Waals surface area contributed by atoms with Crippen LogP contribution in [0.2, 0.25) is 0 Å². The minimum absolute atomic E-state index is 0.0660. The summed E-state index contributed by atoms with van der Waals surface area (Å²) in [4.78, 5) is 11.6. The summed E-state index contributed by atoms with van der Waals surface area (Å²) in [5.41, 5.74) is 8.38. The SMILES string of the molecule is CC1(C)C(=O)NN=C1N1N=C(c2cc(F)ccc2F)SC1(CCCN)c1ccccc1. The molecule has 9 heteroatoms. The third-order valence-corrected chi connectivity index (χ3v) is 6.94. The van der Waals surface area contributed by atoms with Gasteiger partial charge in [-0.05, 0) is 57.0 Å². The number of hydrazone groups is 2. The molecule has 6 nitrogen and oxygen atoms in total. The lowest BCUT2D eigenvalue weighted by atomic mass is 9.89. The lowest BCUT2D eigenvalue weighted by Crippen LogP contribution is -2.48. The Hall–Kier alpha value is -2.78. The molecule has 0 aliphatic carbocycles. The molecule has 1 atom stereocenters. The van der Waals surface area contributed by atoms with Crippen molar-refractivity contribution < 1.29 is 13.6 Å². The highest BCUT2D eigenvalue weighted by atomic mass is 32.2. The molecule has 162 valence electrons. The van der Waals surface area contributed by atoms with Crippen molar-refractivity contribution in [3.05, 3.63) is 71.3 Å². The van der Waals surface area contributed by atoms with Crippen molar-refractivity contribution in [3.8, 4) is 0 Å². The van der Waals surface area contributed by atoms with Gasteiger partial charge in [0.1, 0.15) is 27.0 Å². The zero-order valence-corrected chi connectivity index (χ0v) is 18.0. The van der Waals surface area contributed by atoms with Crippen molar-refractivity contribution in [1.82, 2.24) is 10.4 Å². The molecule has 2 aromatic rings. The lowest BCUT2D eigenvalue weighted by molar-refractivity contribution is -0.125. The van der Waals surface area contributed by atoms with Crippen LogP contribution in [0.15, 0.2) is 58.7 Å². The van der Waals surface area contributed by atoms with Gasteiger partial charge >= 0.3 is 0 Å². The summed E-state index contributed by atoms with van der Waals surface area (Å²) < 4.78 is 28.6. The van der Waals surface area contributed by atoms with E-state index in [0.717, 1.165) is 23.8 Å². The van der Waals surface area contributed by atoms with Crippen LogP contribution in [-0.4, -0.2) is 28.3 Å². The second kappa shape index (κ2) is 8.05. The molecule has 0 saturated carbocycles. The molecule has 0 radical (unpaired) electrons. The first-order valence-electron chi connectivity index (χ1n) is 9.97. The number of hydrogen-bond acceptors (Lipinski definition) is 6. The third-order valence-electron chi connectivity index (χ3n) is 5.49. The average molecular weight is 444 g/mol. The lowest BCUT2D eigenvalue weighted by Gasteiger charge is -2.39. The molecule has 31 heavy (non-hydrogen) atoms. The van der Waals surface area contributed by atoms with Gasteiger partial charge in [0.05, 0.1) is 0 Å². The van der Waals surface area contributed by atoms with Crippen molar-refractivity contribution in [3.63, 3.8) is 0 Å². The van der Waals surface area contributed by atoms with Crippen LogP contribution in [0.1, 0.15) is 37.8 Å². The molecule has 0 spiro atoms. The van der Waals surface area contributed by atoms with E-state index in [1.165, 1.54) is 11.8 Å². The predicted octanol–water partition coefficient (Wildman–Crippen LogP) is 3.74. The molecule has 1 unspecified atom stereocenters. The Morgan fingerprint density at radius 1 is 1.16 bits per heavy atom. The summed E-state index contributed by atoms with van der Waals surface area (Å²) in [6.45, 7) is 3.96. The van der Waals surface area contributed by atoms with E-state index in [9.17, 15) is 13.6 Å². The maximum absolute atomic E-state index is 14.7. The van der Waals surface area contributed by atoms with Crippen molar-refractivity contribution in [1.29, 1.82) is 0 Å². The minimum Gasteiger partial charge on any atom is -0.330 e. The topological polar surface area (TPSA) is 83.1 Å². The fourth-order valence-corrected chi connectivity index (χ4v) is 5.13. The maximum atomic E-state index is 14.7. The molecular formula is C22H23F2N5OS. The summed E-state index contributed by atoms with van der Waals surface area (Å²) in [7, 11) is 0. The molecule has 1 amide bonds. The summed E-state index contributed by atoms with van der Waals surface area (Å²) >= 11 is 1.32. The zero-order chi connectivity index (χ0) is 22.2.